The Morgan fingerprint density at radius 1 is 1.64 bits per heavy atom. The van der Waals surface area contributed by atoms with Gasteiger partial charge in [-0.2, -0.15) is 0 Å². The second-order valence-corrected chi connectivity index (χ2v) is 4.56. The molecule has 3 nitrogen and oxygen atoms in total. The van der Waals surface area contributed by atoms with Gasteiger partial charge in [0.25, 0.3) is 0 Å². The van der Waals surface area contributed by atoms with Crippen molar-refractivity contribution in [2.45, 2.75) is 33.1 Å². The van der Waals surface area contributed by atoms with Crippen LogP contribution in [-0.2, 0) is 0 Å². The summed E-state index contributed by atoms with van der Waals surface area (Å²) >= 11 is 0. The van der Waals surface area contributed by atoms with E-state index in [9.17, 15) is 0 Å². The molecular weight excluding hydrogens is 174 g/mol. The molecule has 0 spiro atoms. The molecule has 0 aliphatic carbocycles. The van der Waals surface area contributed by atoms with E-state index in [4.69, 9.17) is 11.1 Å². The summed E-state index contributed by atoms with van der Waals surface area (Å²) in [5.74, 6) is 1.43. The highest BCUT2D eigenvalue weighted by Crippen LogP contribution is 2.21. The molecule has 0 aromatic carbocycles. The molecule has 1 rings (SSSR count). The van der Waals surface area contributed by atoms with E-state index in [0.29, 0.717) is 5.84 Å². The Balaban J connectivity index is 2.25. The smallest absolute Gasteiger partial charge is 0.0947 e. The molecule has 0 amide bonds. The van der Waals surface area contributed by atoms with Crippen molar-refractivity contribution in [1.82, 2.24) is 4.90 Å². The van der Waals surface area contributed by atoms with Gasteiger partial charge in [0.2, 0.25) is 0 Å². The molecule has 14 heavy (non-hydrogen) atoms. The van der Waals surface area contributed by atoms with Gasteiger partial charge in [0.05, 0.1) is 5.84 Å². The van der Waals surface area contributed by atoms with E-state index in [2.05, 4.69) is 11.8 Å². The predicted octanol–water partition coefficient (Wildman–Crippen LogP) is 1.68. The van der Waals surface area contributed by atoms with E-state index in [1.54, 1.807) is 0 Å². The Morgan fingerprint density at radius 3 is 2.93 bits per heavy atom. The van der Waals surface area contributed by atoms with Gasteiger partial charge >= 0.3 is 0 Å². The van der Waals surface area contributed by atoms with Gasteiger partial charge in [-0.3, -0.25) is 5.41 Å². The van der Waals surface area contributed by atoms with Crippen molar-refractivity contribution < 1.29 is 0 Å². The predicted molar refractivity (Wildman–Crippen MR) is 60.5 cm³/mol. The summed E-state index contributed by atoms with van der Waals surface area (Å²) in [6.45, 7) is 7.67. The third kappa shape index (κ3) is 3.29. The highest BCUT2D eigenvalue weighted by molar-refractivity contribution is 5.79. The molecule has 1 aliphatic rings. The van der Waals surface area contributed by atoms with Crippen LogP contribution in [0.1, 0.15) is 33.1 Å². The fraction of sp³-hybridized carbons (Fsp3) is 0.909. The second-order valence-electron chi connectivity index (χ2n) is 4.56. The number of amidine groups is 1. The lowest BCUT2D eigenvalue weighted by Crippen LogP contribution is -2.33. The largest absolute Gasteiger partial charge is 0.387 e. The van der Waals surface area contributed by atoms with Crippen LogP contribution < -0.4 is 5.73 Å². The summed E-state index contributed by atoms with van der Waals surface area (Å²) < 4.78 is 0. The highest BCUT2D eigenvalue weighted by Gasteiger charge is 2.23. The zero-order chi connectivity index (χ0) is 10.6. The maximum atomic E-state index is 7.35. The summed E-state index contributed by atoms with van der Waals surface area (Å²) in [4.78, 5) is 2.45. The fourth-order valence-corrected chi connectivity index (χ4v) is 2.21. The molecule has 1 fully saturated rings. The Labute approximate surface area is 87.2 Å². The van der Waals surface area contributed by atoms with Crippen molar-refractivity contribution in [1.29, 1.82) is 5.41 Å². The van der Waals surface area contributed by atoms with Gasteiger partial charge in [0.1, 0.15) is 0 Å². The van der Waals surface area contributed by atoms with Gasteiger partial charge in [-0.05, 0) is 25.3 Å². The van der Waals surface area contributed by atoms with E-state index in [1.165, 1.54) is 32.4 Å². The minimum absolute atomic E-state index is 0.218. The number of nitrogens with one attached hydrogen (secondary N) is 1. The maximum absolute atomic E-state index is 7.35. The number of rotatable bonds is 5. The summed E-state index contributed by atoms with van der Waals surface area (Å²) in [6, 6.07) is 0. The molecule has 82 valence electrons. The normalized spacial score (nSPS) is 25.1. The standard InChI is InChI=1S/C11H23N3/c1-3-4-10-5-6-14(8-10)7-9(2)11(12)13/h9-10H,3-8H2,1-2H3,(H3,12,13). The van der Waals surface area contributed by atoms with Crippen molar-refractivity contribution in [3.05, 3.63) is 0 Å². The topological polar surface area (TPSA) is 53.1 Å². The Bertz CT molecular complexity index is 191. The van der Waals surface area contributed by atoms with Gasteiger partial charge in [-0.1, -0.05) is 20.3 Å². The maximum Gasteiger partial charge on any atom is 0.0947 e. The summed E-state index contributed by atoms with van der Waals surface area (Å²) in [5, 5.41) is 7.35. The second kappa shape index (κ2) is 5.35. The minimum atomic E-state index is 0.218. The monoisotopic (exact) mass is 197 g/mol. The van der Waals surface area contributed by atoms with Gasteiger partial charge in [0, 0.05) is 19.0 Å². The molecule has 3 N–H and O–H groups in total. The van der Waals surface area contributed by atoms with Crippen LogP contribution in [0.15, 0.2) is 0 Å². The first-order valence-corrected chi connectivity index (χ1v) is 5.69. The number of hydrogen-bond donors (Lipinski definition) is 2. The molecule has 2 unspecified atom stereocenters. The molecule has 0 aromatic heterocycles. The number of nitrogens with two attached hydrogens (primary N) is 1. The van der Waals surface area contributed by atoms with Crippen LogP contribution in [0.25, 0.3) is 0 Å². The van der Waals surface area contributed by atoms with Crippen LogP contribution in [0.2, 0.25) is 0 Å². The first kappa shape index (κ1) is 11.5. The van der Waals surface area contributed by atoms with E-state index in [1.807, 2.05) is 6.92 Å². The van der Waals surface area contributed by atoms with E-state index < -0.39 is 0 Å². The number of hydrogen-bond acceptors (Lipinski definition) is 2. The van der Waals surface area contributed by atoms with Crippen molar-refractivity contribution in [3.8, 4) is 0 Å². The van der Waals surface area contributed by atoms with Gasteiger partial charge < -0.3 is 10.6 Å². The molecule has 0 saturated carbocycles. The van der Waals surface area contributed by atoms with Crippen LogP contribution in [-0.4, -0.2) is 30.4 Å². The average Bonchev–Trinajstić information content (AvgIpc) is 2.53. The van der Waals surface area contributed by atoms with Crippen molar-refractivity contribution in [3.63, 3.8) is 0 Å². The lowest BCUT2D eigenvalue weighted by atomic mass is 10.0. The number of nitrogens with zero attached hydrogens (tertiary/aromatic N) is 1. The average molecular weight is 197 g/mol. The quantitative estimate of drug-likeness (QED) is 0.520. The Kier molecular flexibility index (Phi) is 4.39. The van der Waals surface area contributed by atoms with Crippen LogP contribution in [0.3, 0.4) is 0 Å². The van der Waals surface area contributed by atoms with Gasteiger partial charge in [0.15, 0.2) is 0 Å². The van der Waals surface area contributed by atoms with Crippen LogP contribution in [0.4, 0.5) is 0 Å². The van der Waals surface area contributed by atoms with Gasteiger partial charge in [-0.25, -0.2) is 0 Å². The molecule has 0 aromatic rings. The Morgan fingerprint density at radius 2 is 2.36 bits per heavy atom. The summed E-state index contributed by atoms with van der Waals surface area (Å²) in [7, 11) is 0. The molecule has 1 aliphatic heterocycles. The van der Waals surface area contributed by atoms with Crippen molar-refractivity contribution in [2.75, 3.05) is 19.6 Å². The zero-order valence-corrected chi connectivity index (χ0v) is 9.42. The third-order valence-corrected chi connectivity index (χ3v) is 3.13. The zero-order valence-electron chi connectivity index (χ0n) is 9.42. The molecule has 0 radical (unpaired) electrons. The van der Waals surface area contributed by atoms with E-state index >= 15 is 0 Å². The Hall–Kier alpha value is -0.570. The fourth-order valence-electron chi connectivity index (χ4n) is 2.21. The SMILES string of the molecule is CCCC1CCN(CC(C)C(=N)N)C1. The summed E-state index contributed by atoms with van der Waals surface area (Å²) in [5.41, 5.74) is 5.46. The van der Waals surface area contributed by atoms with Crippen molar-refractivity contribution in [2.24, 2.45) is 17.6 Å². The number of likely N-dealkylation sites (tertiary alicyclic amines) is 1. The molecule has 3 heteroatoms. The lowest BCUT2D eigenvalue weighted by molar-refractivity contribution is 0.301. The molecular formula is C11H23N3. The van der Waals surface area contributed by atoms with Crippen LogP contribution in [0.5, 0.6) is 0 Å². The third-order valence-electron chi connectivity index (χ3n) is 3.13. The molecule has 0 bridgehead atoms. The van der Waals surface area contributed by atoms with Crippen LogP contribution >= 0.6 is 0 Å². The van der Waals surface area contributed by atoms with E-state index in [0.717, 1.165) is 12.5 Å². The lowest BCUT2D eigenvalue weighted by Gasteiger charge is -2.19. The first-order chi connectivity index (χ1) is 6.63. The van der Waals surface area contributed by atoms with Crippen molar-refractivity contribution >= 4 is 5.84 Å². The molecule has 1 saturated heterocycles. The first-order valence-electron chi connectivity index (χ1n) is 5.69. The van der Waals surface area contributed by atoms with Gasteiger partial charge in [-0.15, -0.1) is 0 Å². The minimum Gasteiger partial charge on any atom is -0.387 e. The highest BCUT2D eigenvalue weighted by atomic mass is 15.1. The van der Waals surface area contributed by atoms with Crippen LogP contribution in [0, 0.1) is 17.2 Å². The molecule has 1 heterocycles. The van der Waals surface area contributed by atoms with E-state index in [-0.39, 0.29) is 5.92 Å². The molecule has 2 atom stereocenters. The summed E-state index contributed by atoms with van der Waals surface area (Å²) in [6.07, 6.45) is 3.98.